The van der Waals surface area contributed by atoms with Crippen molar-refractivity contribution in [3.8, 4) is 5.75 Å². The molecule has 2 nitrogen and oxygen atoms in total. The molecule has 3 rings (SSSR count). The van der Waals surface area contributed by atoms with Crippen LogP contribution < -0.4 is 4.74 Å². The van der Waals surface area contributed by atoms with Crippen molar-refractivity contribution in [1.82, 2.24) is 0 Å². The number of hydrogen-bond donors (Lipinski definition) is 1. The second kappa shape index (κ2) is 5.79. The summed E-state index contributed by atoms with van der Waals surface area (Å²) in [5, 5.41) is 10.7. The average molecular weight is 463 g/mol. The zero-order valence-corrected chi connectivity index (χ0v) is 15.1. The summed E-state index contributed by atoms with van der Waals surface area (Å²) in [6, 6.07) is 9.72. The molecule has 0 fully saturated rings. The Morgan fingerprint density at radius 1 is 1.00 bits per heavy atom. The molecular formula is C15H11Br3O2. The fourth-order valence-corrected chi connectivity index (χ4v) is 4.18. The predicted octanol–water partition coefficient (Wildman–Crippen LogP) is 4.99. The lowest BCUT2D eigenvalue weighted by atomic mass is 9.98. The monoisotopic (exact) mass is 460 g/mol. The molecule has 1 heterocycles. The number of ether oxygens (including phenoxy) is 1. The van der Waals surface area contributed by atoms with Crippen LogP contribution in [0.4, 0.5) is 0 Å². The van der Waals surface area contributed by atoms with Gasteiger partial charge < -0.3 is 9.84 Å². The molecule has 0 saturated carbocycles. The van der Waals surface area contributed by atoms with E-state index in [-0.39, 0.29) is 0 Å². The molecule has 1 aliphatic rings. The van der Waals surface area contributed by atoms with Crippen molar-refractivity contribution in [2.75, 3.05) is 6.61 Å². The third-order valence-corrected chi connectivity index (χ3v) is 4.97. The van der Waals surface area contributed by atoms with Gasteiger partial charge in [0.2, 0.25) is 0 Å². The molecule has 104 valence electrons. The van der Waals surface area contributed by atoms with Gasteiger partial charge in [0.05, 0.1) is 6.61 Å². The number of hydrogen-bond acceptors (Lipinski definition) is 2. The van der Waals surface area contributed by atoms with Crippen molar-refractivity contribution >= 4 is 47.8 Å². The van der Waals surface area contributed by atoms with Crippen LogP contribution in [0.25, 0.3) is 0 Å². The summed E-state index contributed by atoms with van der Waals surface area (Å²) >= 11 is 10.4. The molecule has 0 saturated heterocycles. The summed E-state index contributed by atoms with van der Waals surface area (Å²) in [6.45, 7) is 0.674. The normalized spacial score (nSPS) is 14.8. The molecule has 2 aromatic carbocycles. The van der Waals surface area contributed by atoms with Gasteiger partial charge in [-0.3, -0.25) is 0 Å². The van der Waals surface area contributed by atoms with Crippen LogP contribution in [0.2, 0.25) is 0 Å². The van der Waals surface area contributed by atoms with Gasteiger partial charge >= 0.3 is 0 Å². The fourth-order valence-electron chi connectivity index (χ4n) is 2.39. The zero-order chi connectivity index (χ0) is 14.3. The average Bonchev–Trinajstić information content (AvgIpc) is 2.85. The Kier molecular flexibility index (Phi) is 4.22. The van der Waals surface area contributed by atoms with Crippen LogP contribution in [0.3, 0.4) is 0 Å². The standard InChI is InChI=1S/C15H11Br3O2/c16-9-1-2-11(13(18)7-9)14(19)12-6-10(17)5-8-3-4-20-15(8)12/h1-2,5-7,14,19H,3-4H2. The van der Waals surface area contributed by atoms with Crippen molar-refractivity contribution < 1.29 is 9.84 Å². The van der Waals surface area contributed by atoms with E-state index in [1.807, 2.05) is 24.3 Å². The second-order valence-electron chi connectivity index (χ2n) is 4.65. The molecule has 0 spiro atoms. The van der Waals surface area contributed by atoms with Crippen molar-refractivity contribution in [2.24, 2.45) is 0 Å². The highest BCUT2D eigenvalue weighted by Crippen LogP contribution is 2.40. The van der Waals surface area contributed by atoms with Gasteiger partial charge in [-0.1, -0.05) is 53.9 Å². The summed E-state index contributed by atoms with van der Waals surface area (Å²) in [7, 11) is 0. The topological polar surface area (TPSA) is 29.5 Å². The van der Waals surface area contributed by atoms with Crippen LogP contribution in [0, 0.1) is 0 Å². The van der Waals surface area contributed by atoms with Gasteiger partial charge in [0.1, 0.15) is 11.9 Å². The van der Waals surface area contributed by atoms with Crippen molar-refractivity contribution in [3.05, 3.63) is 60.4 Å². The maximum Gasteiger partial charge on any atom is 0.128 e. The Balaban J connectivity index is 2.09. The highest BCUT2D eigenvalue weighted by Gasteiger charge is 2.24. The first-order valence-electron chi connectivity index (χ1n) is 6.14. The summed E-state index contributed by atoms with van der Waals surface area (Å²) < 4.78 is 8.48. The van der Waals surface area contributed by atoms with Crippen molar-refractivity contribution in [3.63, 3.8) is 0 Å². The lowest BCUT2D eigenvalue weighted by molar-refractivity contribution is 0.213. The molecular weight excluding hydrogens is 452 g/mol. The summed E-state index contributed by atoms with van der Waals surface area (Å²) in [6.07, 6.45) is 0.164. The molecule has 5 heteroatoms. The van der Waals surface area contributed by atoms with Gasteiger partial charge in [0.15, 0.2) is 0 Å². The van der Waals surface area contributed by atoms with Gasteiger partial charge in [-0.25, -0.2) is 0 Å². The Hall–Kier alpha value is -0.360. The number of rotatable bonds is 2. The van der Waals surface area contributed by atoms with Gasteiger partial charge in [-0.2, -0.15) is 0 Å². The minimum Gasteiger partial charge on any atom is -0.493 e. The van der Waals surface area contributed by atoms with E-state index in [0.29, 0.717) is 6.61 Å². The van der Waals surface area contributed by atoms with E-state index in [9.17, 15) is 5.11 Å². The molecule has 0 bridgehead atoms. The molecule has 0 radical (unpaired) electrons. The smallest absolute Gasteiger partial charge is 0.128 e. The van der Waals surface area contributed by atoms with E-state index in [0.717, 1.165) is 42.3 Å². The Morgan fingerprint density at radius 3 is 2.55 bits per heavy atom. The SMILES string of the molecule is OC(c1ccc(Br)cc1Br)c1cc(Br)cc2c1OCC2. The van der Waals surface area contributed by atoms with Crippen LogP contribution >= 0.6 is 47.8 Å². The second-order valence-corrected chi connectivity index (χ2v) is 7.34. The van der Waals surface area contributed by atoms with Crippen LogP contribution in [-0.2, 0) is 6.42 Å². The van der Waals surface area contributed by atoms with E-state index >= 15 is 0 Å². The molecule has 0 aliphatic carbocycles. The van der Waals surface area contributed by atoms with E-state index in [1.54, 1.807) is 0 Å². The largest absolute Gasteiger partial charge is 0.493 e. The third-order valence-electron chi connectivity index (χ3n) is 3.33. The van der Waals surface area contributed by atoms with Gasteiger partial charge in [-0.15, -0.1) is 0 Å². The van der Waals surface area contributed by atoms with Crippen molar-refractivity contribution in [1.29, 1.82) is 0 Å². The zero-order valence-electron chi connectivity index (χ0n) is 10.4. The highest BCUT2D eigenvalue weighted by molar-refractivity contribution is 9.11. The molecule has 1 unspecified atom stereocenters. The highest BCUT2D eigenvalue weighted by atomic mass is 79.9. The lowest BCUT2D eigenvalue weighted by Crippen LogP contribution is -2.03. The number of fused-ring (bicyclic) bond motifs is 1. The Morgan fingerprint density at radius 2 is 1.80 bits per heavy atom. The Bertz CT molecular complexity index is 670. The first-order valence-corrected chi connectivity index (χ1v) is 8.52. The molecule has 2 aromatic rings. The van der Waals surface area contributed by atoms with Crippen LogP contribution in [0.5, 0.6) is 5.75 Å². The van der Waals surface area contributed by atoms with Gasteiger partial charge in [0.25, 0.3) is 0 Å². The summed E-state index contributed by atoms with van der Waals surface area (Å²) in [5.41, 5.74) is 2.76. The van der Waals surface area contributed by atoms with E-state index in [4.69, 9.17) is 4.74 Å². The van der Waals surface area contributed by atoms with Gasteiger partial charge in [-0.05, 0) is 35.4 Å². The predicted molar refractivity (Wildman–Crippen MR) is 89.2 cm³/mol. The maximum absolute atomic E-state index is 10.7. The quantitative estimate of drug-likeness (QED) is 0.681. The molecule has 0 amide bonds. The molecule has 1 atom stereocenters. The van der Waals surface area contributed by atoms with Gasteiger partial charge in [0, 0.05) is 25.4 Å². The lowest BCUT2D eigenvalue weighted by Gasteiger charge is -2.17. The first kappa shape index (κ1) is 14.6. The summed E-state index contributed by atoms with van der Waals surface area (Å²) in [4.78, 5) is 0. The van der Waals surface area contributed by atoms with E-state index < -0.39 is 6.10 Å². The maximum atomic E-state index is 10.7. The van der Waals surface area contributed by atoms with Crippen LogP contribution in [0.15, 0.2) is 43.7 Å². The van der Waals surface area contributed by atoms with E-state index in [2.05, 4.69) is 53.9 Å². The number of halogens is 3. The van der Waals surface area contributed by atoms with Crippen LogP contribution in [0.1, 0.15) is 22.8 Å². The molecule has 1 aliphatic heterocycles. The number of benzene rings is 2. The number of aliphatic hydroxyl groups excluding tert-OH is 1. The van der Waals surface area contributed by atoms with E-state index in [1.165, 1.54) is 0 Å². The number of aliphatic hydroxyl groups is 1. The first-order chi connectivity index (χ1) is 9.56. The molecule has 1 N–H and O–H groups in total. The minimum absolute atomic E-state index is 0.674. The minimum atomic E-state index is -0.721. The fraction of sp³-hybridized carbons (Fsp3) is 0.200. The third kappa shape index (κ3) is 2.69. The Labute approximate surface area is 142 Å². The molecule has 20 heavy (non-hydrogen) atoms. The van der Waals surface area contributed by atoms with Crippen molar-refractivity contribution in [2.45, 2.75) is 12.5 Å². The summed E-state index contributed by atoms with van der Waals surface area (Å²) in [5.74, 6) is 0.815. The van der Waals surface area contributed by atoms with Crippen LogP contribution in [-0.4, -0.2) is 11.7 Å². The molecule has 0 aromatic heterocycles.